The zero-order valence-electron chi connectivity index (χ0n) is 12.0. The van der Waals surface area contributed by atoms with E-state index in [-0.39, 0.29) is 13.2 Å². The minimum absolute atomic E-state index is 0.0166. The molecule has 0 radical (unpaired) electrons. The number of aliphatic hydroxyl groups is 1. The highest BCUT2D eigenvalue weighted by molar-refractivity contribution is 5.67. The number of rotatable bonds is 8. The van der Waals surface area contributed by atoms with Crippen LogP contribution in [0.5, 0.6) is 0 Å². The van der Waals surface area contributed by atoms with Crippen LogP contribution in [0.2, 0.25) is 0 Å². The van der Waals surface area contributed by atoms with Gasteiger partial charge in [0, 0.05) is 11.5 Å². The molecule has 7 heteroatoms. The van der Waals surface area contributed by atoms with Gasteiger partial charge in [0.1, 0.15) is 6.61 Å². The summed E-state index contributed by atoms with van der Waals surface area (Å²) in [6, 6.07) is 8.74. The Balaban J connectivity index is 2.32. The fourth-order valence-corrected chi connectivity index (χ4v) is 1.79. The van der Waals surface area contributed by atoms with Gasteiger partial charge < -0.3 is 15.2 Å². The highest BCUT2D eigenvalue weighted by Crippen LogP contribution is 2.07. The maximum absolute atomic E-state index is 11.5. The maximum Gasteiger partial charge on any atom is 0.407 e. The van der Waals surface area contributed by atoms with E-state index in [9.17, 15) is 9.90 Å². The van der Waals surface area contributed by atoms with E-state index in [0.29, 0.717) is 6.42 Å². The van der Waals surface area contributed by atoms with Gasteiger partial charge in [0.2, 0.25) is 0 Å². The topological polar surface area (TPSA) is 107 Å². The van der Waals surface area contributed by atoms with Crippen molar-refractivity contribution in [2.45, 2.75) is 38.5 Å². The first kappa shape index (κ1) is 16.8. The molecule has 0 aliphatic heterocycles. The van der Waals surface area contributed by atoms with Crippen molar-refractivity contribution in [2.75, 3.05) is 6.54 Å². The van der Waals surface area contributed by atoms with Gasteiger partial charge in [-0.15, -0.1) is 0 Å². The molecule has 0 fully saturated rings. The van der Waals surface area contributed by atoms with Crippen LogP contribution >= 0.6 is 0 Å². The van der Waals surface area contributed by atoms with Crippen molar-refractivity contribution >= 4 is 6.09 Å². The van der Waals surface area contributed by atoms with Crippen LogP contribution in [0, 0.1) is 0 Å². The Hall–Kier alpha value is -2.24. The number of hydrogen-bond acceptors (Lipinski definition) is 4. The molecular weight excluding hydrogens is 272 g/mol. The first-order valence-electron chi connectivity index (χ1n) is 6.84. The van der Waals surface area contributed by atoms with E-state index in [4.69, 9.17) is 10.3 Å². The van der Waals surface area contributed by atoms with Crippen molar-refractivity contribution in [3.05, 3.63) is 46.3 Å². The molecular formula is C14H20N4O3. The molecule has 1 aromatic rings. The van der Waals surface area contributed by atoms with Crippen molar-refractivity contribution in [3.63, 3.8) is 0 Å². The standard InChI is InChI=1S/C14H20N4O3/c1-2-6-12(17-18-15)13(19)9-16-14(20)21-10-11-7-4-3-5-8-11/h3-5,7-8,12-13,19H,2,6,9-10H2,1H3,(H,16,20)/t12-,13-/m1/s1. The largest absolute Gasteiger partial charge is 0.445 e. The minimum Gasteiger partial charge on any atom is -0.445 e. The van der Waals surface area contributed by atoms with E-state index in [1.54, 1.807) is 0 Å². The molecule has 0 aliphatic rings. The molecule has 0 aliphatic carbocycles. The summed E-state index contributed by atoms with van der Waals surface area (Å²) in [6.07, 6.45) is -0.204. The summed E-state index contributed by atoms with van der Waals surface area (Å²) in [5.41, 5.74) is 9.32. The molecule has 0 saturated heterocycles. The van der Waals surface area contributed by atoms with Crippen LogP contribution in [0.1, 0.15) is 25.3 Å². The Morgan fingerprint density at radius 2 is 2.19 bits per heavy atom. The number of azide groups is 1. The molecule has 2 atom stereocenters. The molecule has 114 valence electrons. The van der Waals surface area contributed by atoms with Gasteiger partial charge in [0.05, 0.1) is 12.1 Å². The number of nitrogens with zero attached hydrogens (tertiary/aromatic N) is 3. The maximum atomic E-state index is 11.5. The quantitative estimate of drug-likeness (QED) is 0.437. The van der Waals surface area contributed by atoms with E-state index in [2.05, 4.69) is 15.3 Å². The Bertz CT molecular complexity index is 474. The summed E-state index contributed by atoms with van der Waals surface area (Å²) >= 11 is 0. The van der Waals surface area contributed by atoms with E-state index < -0.39 is 18.2 Å². The van der Waals surface area contributed by atoms with Crippen LogP contribution in [0.15, 0.2) is 35.4 Å². The van der Waals surface area contributed by atoms with Gasteiger partial charge in [-0.25, -0.2) is 4.79 Å². The van der Waals surface area contributed by atoms with Crippen LogP contribution in [-0.4, -0.2) is 29.9 Å². The lowest BCUT2D eigenvalue weighted by molar-refractivity contribution is 0.114. The summed E-state index contributed by atoms with van der Waals surface area (Å²) in [5, 5.41) is 15.8. The number of nitrogens with one attached hydrogen (secondary N) is 1. The van der Waals surface area contributed by atoms with Gasteiger partial charge in [0.25, 0.3) is 0 Å². The normalized spacial score (nSPS) is 12.9. The Labute approximate surface area is 123 Å². The Kier molecular flexibility index (Phi) is 7.71. The summed E-state index contributed by atoms with van der Waals surface area (Å²) in [5.74, 6) is 0. The molecule has 0 saturated carbocycles. The molecule has 0 aromatic heterocycles. The first-order valence-corrected chi connectivity index (χ1v) is 6.84. The third-order valence-corrected chi connectivity index (χ3v) is 2.90. The third-order valence-electron chi connectivity index (χ3n) is 2.90. The second-order valence-corrected chi connectivity index (χ2v) is 4.57. The molecule has 0 bridgehead atoms. The van der Waals surface area contributed by atoms with Crippen molar-refractivity contribution in [3.8, 4) is 0 Å². The third kappa shape index (κ3) is 6.65. The van der Waals surface area contributed by atoms with Gasteiger partial charge in [0.15, 0.2) is 0 Å². The molecule has 0 unspecified atom stereocenters. The van der Waals surface area contributed by atoms with Crippen molar-refractivity contribution in [1.82, 2.24) is 5.32 Å². The minimum atomic E-state index is -0.926. The fraction of sp³-hybridized carbons (Fsp3) is 0.500. The van der Waals surface area contributed by atoms with E-state index >= 15 is 0 Å². The van der Waals surface area contributed by atoms with Crippen molar-refractivity contribution in [2.24, 2.45) is 5.11 Å². The van der Waals surface area contributed by atoms with Crippen LogP contribution < -0.4 is 5.32 Å². The van der Waals surface area contributed by atoms with Gasteiger partial charge >= 0.3 is 6.09 Å². The highest BCUT2D eigenvalue weighted by atomic mass is 16.5. The second-order valence-electron chi connectivity index (χ2n) is 4.57. The molecule has 0 spiro atoms. The number of hydrogen-bond donors (Lipinski definition) is 2. The second kappa shape index (κ2) is 9.63. The molecule has 1 aromatic carbocycles. The van der Waals surface area contributed by atoms with Crippen LogP contribution in [-0.2, 0) is 11.3 Å². The zero-order chi connectivity index (χ0) is 15.5. The van der Waals surface area contributed by atoms with Crippen LogP contribution in [0.3, 0.4) is 0 Å². The molecule has 7 nitrogen and oxygen atoms in total. The van der Waals surface area contributed by atoms with E-state index in [1.165, 1.54) is 0 Å². The zero-order valence-corrected chi connectivity index (χ0v) is 12.0. The summed E-state index contributed by atoms with van der Waals surface area (Å²) in [4.78, 5) is 14.2. The molecule has 0 heterocycles. The number of carbonyl (C=O) groups is 1. The average molecular weight is 292 g/mol. The van der Waals surface area contributed by atoms with Crippen LogP contribution in [0.25, 0.3) is 10.4 Å². The van der Waals surface area contributed by atoms with E-state index in [1.807, 2.05) is 37.3 Å². The molecule has 1 rings (SSSR count). The summed E-state index contributed by atoms with van der Waals surface area (Å²) in [6.45, 7) is 2.07. The molecule has 21 heavy (non-hydrogen) atoms. The fourth-order valence-electron chi connectivity index (χ4n) is 1.79. The molecule has 2 N–H and O–H groups in total. The highest BCUT2D eigenvalue weighted by Gasteiger charge is 2.17. The van der Waals surface area contributed by atoms with Crippen molar-refractivity contribution in [1.29, 1.82) is 0 Å². The first-order chi connectivity index (χ1) is 10.2. The molecule has 1 amide bonds. The van der Waals surface area contributed by atoms with Crippen LogP contribution in [0.4, 0.5) is 4.79 Å². The summed E-state index contributed by atoms with van der Waals surface area (Å²) in [7, 11) is 0. The smallest absolute Gasteiger partial charge is 0.407 e. The lowest BCUT2D eigenvalue weighted by Gasteiger charge is -2.18. The predicted octanol–water partition coefficient (Wildman–Crippen LogP) is 2.75. The van der Waals surface area contributed by atoms with Gasteiger partial charge in [-0.05, 0) is 17.5 Å². The lowest BCUT2D eigenvalue weighted by atomic mass is 10.1. The monoisotopic (exact) mass is 292 g/mol. The summed E-state index contributed by atoms with van der Waals surface area (Å²) < 4.78 is 5.01. The van der Waals surface area contributed by atoms with Crippen molar-refractivity contribution < 1.29 is 14.6 Å². The number of amides is 1. The number of carbonyl (C=O) groups excluding carboxylic acids is 1. The lowest BCUT2D eigenvalue weighted by Crippen LogP contribution is -2.38. The van der Waals surface area contributed by atoms with E-state index in [0.717, 1.165) is 12.0 Å². The SMILES string of the molecule is CCC[C@@H](N=[N+]=[N-])[C@H](O)CNC(=O)OCc1ccccc1. The average Bonchev–Trinajstić information content (AvgIpc) is 2.51. The van der Waals surface area contributed by atoms with Gasteiger partial charge in [-0.1, -0.05) is 48.8 Å². The number of alkyl carbamates (subject to hydrolysis) is 1. The number of aliphatic hydroxyl groups excluding tert-OH is 1. The van der Waals surface area contributed by atoms with Gasteiger partial charge in [-0.3, -0.25) is 0 Å². The Morgan fingerprint density at radius 3 is 2.81 bits per heavy atom. The van der Waals surface area contributed by atoms with Gasteiger partial charge in [-0.2, -0.15) is 0 Å². The number of ether oxygens (including phenoxy) is 1. The number of benzene rings is 1. The Morgan fingerprint density at radius 1 is 1.48 bits per heavy atom. The predicted molar refractivity (Wildman–Crippen MR) is 78.5 cm³/mol.